The smallest absolute Gasteiger partial charge is 0.179 e. The van der Waals surface area contributed by atoms with E-state index in [0.717, 1.165) is 50.1 Å². The van der Waals surface area contributed by atoms with Crippen molar-refractivity contribution < 1.29 is 4.42 Å². The molecule has 1 aromatic heterocycles. The van der Waals surface area contributed by atoms with Crippen molar-refractivity contribution in [3.05, 3.63) is 249 Å². The van der Waals surface area contributed by atoms with Gasteiger partial charge in [-0.2, -0.15) is 0 Å². The van der Waals surface area contributed by atoms with Crippen molar-refractivity contribution in [1.29, 1.82) is 0 Å². The molecule has 3 heteroatoms. The quantitative estimate of drug-likeness (QED) is 0.107. The molecule has 0 saturated carbocycles. The third kappa shape index (κ3) is 6.44. The molecule has 0 spiro atoms. The van der Waals surface area contributed by atoms with Gasteiger partial charge in [0.05, 0.1) is 5.69 Å². The Balaban J connectivity index is 0.965. The summed E-state index contributed by atoms with van der Waals surface area (Å²) in [7, 11) is -2.60. The van der Waals surface area contributed by atoms with Crippen molar-refractivity contribution in [2.45, 2.75) is 0 Å². The monoisotopic (exact) mass is 795 g/mol. The molecule has 2 nitrogen and oxygen atoms in total. The standard InChI is InChI=1S/C58H41NOSi/c1-4-17-49(18-5-1)61(50-19-6-2-7-20-50,51-21-8-3-9-22-51)52-38-31-43(32-39-52)42-27-34-47(35-28-42)59(56-25-14-16-45-15-10-11-23-53(45)56)48-36-29-44(30-37-48)46-33-40-55-54-24-12-13-26-57(54)60-58(55)41-46/h1-41H. The normalized spacial score (nSPS) is 11.6. The number of rotatable bonds is 9. The summed E-state index contributed by atoms with van der Waals surface area (Å²) in [5.74, 6) is 0. The van der Waals surface area contributed by atoms with Gasteiger partial charge in [0, 0.05) is 27.5 Å². The highest BCUT2D eigenvalue weighted by Crippen LogP contribution is 2.40. The predicted octanol–water partition coefficient (Wildman–Crippen LogP) is 12.9. The van der Waals surface area contributed by atoms with E-state index in [0.29, 0.717) is 0 Å². The lowest BCUT2D eigenvalue weighted by Gasteiger charge is -2.34. The molecule has 0 amide bonds. The van der Waals surface area contributed by atoms with Gasteiger partial charge in [-0.3, -0.25) is 0 Å². The molecule has 0 fully saturated rings. The van der Waals surface area contributed by atoms with Gasteiger partial charge in [0.1, 0.15) is 11.2 Å². The molecule has 0 bridgehead atoms. The molecule has 0 N–H and O–H groups in total. The zero-order valence-corrected chi connectivity index (χ0v) is 34.5. The maximum Gasteiger partial charge on any atom is 0.179 e. The summed E-state index contributed by atoms with van der Waals surface area (Å²) >= 11 is 0. The average molecular weight is 796 g/mol. The van der Waals surface area contributed by atoms with Crippen LogP contribution in [0.25, 0.3) is 55.0 Å². The van der Waals surface area contributed by atoms with Crippen molar-refractivity contribution >= 4 is 78.6 Å². The first-order valence-electron chi connectivity index (χ1n) is 20.9. The zero-order chi connectivity index (χ0) is 40.6. The van der Waals surface area contributed by atoms with E-state index in [9.17, 15) is 0 Å². The number of nitrogens with zero attached hydrogens (tertiary/aromatic N) is 1. The minimum Gasteiger partial charge on any atom is -0.456 e. The number of anilines is 3. The van der Waals surface area contributed by atoms with Gasteiger partial charge in [-0.1, -0.05) is 200 Å². The van der Waals surface area contributed by atoms with Crippen molar-refractivity contribution in [3.8, 4) is 22.3 Å². The van der Waals surface area contributed by atoms with Gasteiger partial charge in [0.2, 0.25) is 0 Å². The number of furan rings is 1. The third-order valence-electron chi connectivity index (χ3n) is 12.2. The maximum absolute atomic E-state index is 6.24. The molecule has 288 valence electrons. The number of benzene rings is 10. The van der Waals surface area contributed by atoms with Crippen LogP contribution in [-0.2, 0) is 0 Å². The summed E-state index contributed by atoms with van der Waals surface area (Å²) in [6, 6.07) is 90.6. The van der Waals surface area contributed by atoms with Gasteiger partial charge in [0.25, 0.3) is 0 Å². The maximum atomic E-state index is 6.24. The molecule has 0 saturated heterocycles. The van der Waals surface area contributed by atoms with Crippen LogP contribution in [0.2, 0.25) is 0 Å². The molecule has 11 aromatic rings. The first-order valence-corrected chi connectivity index (χ1v) is 22.9. The fourth-order valence-electron chi connectivity index (χ4n) is 9.32. The summed E-state index contributed by atoms with van der Waals surface area (Å²) < 4.78 is 6.24. The summed E-state index contributed by atoms with van der Waals surface area (Å²) in [5, 5.41) is 10.2. The van der Waals surface area contributed by atoms with E-state index in [1.807, 2.05) is 12.1 Å². The van der Waals surface area contributed by atoms with E-state index in [1.54, 1.807) is 0 Å². The lowest BCUT2D eigenvalue weighted by molar-refractivity contribution is 0.669. The van der Waals surface area contributed by atoms with E-state index in [4.69, 9.17) is 4.42 Å². The van der Waals surface area contributed by atoms with Gasteiger partial charge in [-0.05, 0) is 96.9 Å². The van der Waals surface area contributed by atoms with Crippen LogP contribution in [0.15, 0.2) is 253 Å². The molecule has 61 heavy (non-hydrogen) atoms. The Bertz CT molecular complexity index is 3170. The molecular weight excluding hydrogens is 755 g/mol. The van der Waals surface area contributed by atoms with Crippen molar-refractivity contribution in [1.82, 2.24) is 0 Å². The fraction of sp³-hybridized carbons (Fsp3) is 0. The second-order valence-corrected chi connectivity index (χ2v) is 19.5. The van der Waals surface area contributed by atoms with E-state index in [-0.39, 0.29) is 0 Å². The average Bonchev–Trinajstić information content (AvgIpc) is 3.72. The summed E-state index contributed by atoms with van der Waals surface area (Å²) in [4.78, 5) is 2.38. The van der Waals surface area contributed by atoms with Crippen molar-refractivity contribution in [2.75, 3.05) is 4.90 Å². The van der Waals surface area contributed by atoms with Gasteiger partial charge in [-0.15, -0.1) is 0 Å². The Kier molecular flexibility index (Phi) is 9.22. The van der Waals surface area contributed by atoms with E-state index < -0.39 is 8.07 Å². The molecule has 0 aliphatic carbocycles. The first-order chi connectivity index (χ1) is 30.2. The number of para-hydroxylation sites is 1. The minimum atomic E-state index is -2.60. The van der Waals surface area contributed by atoms with Crippen LogP contribution in [0.1, 0.15) is 0 Å². The first kappa shape index (κ1) is 36.4. The van der Waals surface area contributed by atoms with Crippen LogP contribution in [0.4, 0.5) is 17.1 Å². The Morgan fingerprint density at radius 1 is 0.295 bits per heavy atom. The highest BCUT2D eigenvalue weighted by atomic mass is 28.3. The van der Waals surface area contributed by atoms with Gasteiger partial charge in [-0.25, -0.2) is 0 Å². The highest BCUT2D eigenvalue weighted by molar-refractivity contribution is 7.19. The number of hydrogen-bond acceptors (Lipinski definition) is 2. The molecule has 1 heterocycles. The Labute approximate surface area is 357 Å². The topological polar surface area (TPSA) is 16.4 Å². The molecule has 0 unspecified atom stereocenters. The minimum absolute atomic E-state index is 0.903. The van der Waals surface area contributed by atoms with Crippen LogP contribution in [0.5, 0.6) is 0 Å². The van der Waals surface area contributed by atoms with Gasteiger partial charge in [0.15, 0.2) is 8.07 Å². The van der Waals surface area contributed by atoms with Crippen LogP contribution < -0.4 is 25.6 Å². The predicted molar refractivity (Wildman–Crippen MR) is 260 cm³/mol. The van der Waals surface area contributed by atoms with Crippen LogP contribution in [-0.4, -0.2) is 8.07 Å². The summed E-state index contributed by atoms with van der Waals surface area (Å²) in [6.45, 7) is 0. The molecular formula is C58H41NOSi. The molecule has 0 radical (unpaired) electrons. The molecule has 11 rings (SSSR count). The molecule has 0 aliphatic rings. The third-order valence-corrected chi connectivity index (χ3v) is 17.0. The van der Waals surface area contributed by atoms with E-state index >= 15 is 0 Å². The number of fused-ring (bicyclic) bond motifs is 4. The summed E-state index contributed by atoms with van der Waals surface area (Å²) in [6.07, 6.45) is 0. The Morgan fingerprint density at radius 2 is 0.721 bits per heavy atom. The summed E-state index contributed by atoms with van der Waals surface area (Å²) in [5.41, 5.74) is 9.77. The van der Waals surface area contributed by atoms with Crippen LogP contribution in [0.3, 0.4) is 0 Å². The van der Waals surface area contributed by atoms with Crippen LogP contribution >= 0.6 is 0 Å². The van der Waals surface area contributed by atoms with Crippen LogP contribution in [0, 0.1) is 0 Å². The highest BCUT2D eigenvalue weighted by Gasteiger charge is 2.41. The lowest BCUT2D eigenvalue weighted by atomic mass is 10.0. The second kappa shape index (κ2) is 15.5. The SMILES string of the molecule is c1ccc([Si](c2ccccc2)(c2ccccc2)c2ccc(-c3ccc(N(c4ccc(-c5ccc6c(c5)oc5ccccc56)cc4)c4cccc5ccccc45)cc3)cc2)cc1. The number of hydrogen-bond donors (Lipinski definition) is 0. The van der Waals surface area contributed by atoms with Gasteiger partial charge >= 0.3 is 0 Å². The molecule has 0 aliphatic heterocycles. The Morgan fingerprint density at radius 3 is 1.31 bits per heavy atom. The molecule has 10 aromatic carbocycles. The Hall–Kier alpha value is -7.72. The van der Waals surface area contributed by atoms with Gasteiger partial charge < -0.3 is 9.32 Å². The lowest BCUT2D eigenvalue weighted by Crippen LogP contribution is -2.74. The van der Waals surface area contributed by atoms with Crippen molar-refractivity contribution in [2.24, 2.45) is 0 Å². The van der Waals surface area contributed by atoms with E-state index in [2.05, 4.69) is 241 Å². The zero-order valence-electron chi connectivity index (χ0n) is 33.5. The second-order valence-electron chi connectivity index (χ2n) is 15.7. The fourth-order valence-corrected chi connectivity index (χ4v) is 14.1. The van der Waals surface area contributed by atoms with Crippen molar-refractivity contribution in [3.63, 3.8) is 0 Å². The van der Waals surface area contributed by atoms with E-state index in [1.165, 1.54) is 42.6 Å². The molecule has 0 atom stereocenters. The largest absolute Gasteiger partial charge is 0.456 e.